The van der Waals surface area contributed by atoms with Crippen molar-refractivity contribution in [3.63, 3.8) is 0 Å². The van der Waals surface area contributed by atoms with Gasteiger partial charge in [-0.05, 0) is 47.1 Å². The van der Waals surface area contributed by atoms with Crippen molar-refractivity contribution in [3.05, 3.63) is 22.5 Å². The van der Waals surface area contributed by atoms with Crippen LogP contribution in [-0.2, 0) is 4.74 Å². The molecule has 7 heteroatoms. The Bertz CT molecular complexity index is 620. The van der Waals surface area contributed by atoms with E-state index in [1.54, 1.807) is 20.8 Å². The van der Waals surface area contributed by atoms with Crippen LogP contribution in [0.3, 0.4) is 0 Å². The predicted octanol–water partition coefficient (Wildman–Crippen LogP) is 2.43. The van der Waals surface area contributed by atoms with Crippen LogP contribution in [0.5, 0.6) is 0 Å². The van der Waals surface area contributed by atoms with Crippen LogP contribution in [0.1, 0.15) is 59.8 Å². The number of Topliss-reactive ketones (excluding diaryl/α,β-unsaturated/α-hetero) is 1. The Morgan fingerprint density at radius 2 is 1.83 bits per heavy atom. The topological polar surface area (TPSA) is 91.5 Å². The normalized spacial score (nSPS) is 10.6. The van der Waals surface area contributed by atoms with Gasteiger partial charge in [0.15, 0.2) is 5.78 Å². The number of nitrogens with one attached hydrogen (secondary N) is 2. The van der Waals surface area contributed by atoms with Crippen molar-refractivity contribution in [2.45, 2.75) is 47.6 Å². The first-order chi connectivity index (χ1) is 11.2. The first-order valence-electron chi connectivity index (χ1n) is 8.18. The number of esters is 1. The van der Waals surface area contributed by atoms with E-state index >= 15 is 0 Å². The Morgan fingerprint density at radius 3 is 2.33 bits per heavy atom. The number of nitrogens with zero attached hydrogens (tertiary/aromatic N) is 1. The fraction of sp³-hybridized carbons (Fsp3) is 0.588. The lowest BCUT2D eigenvalue weighted by Gasteiger charge is -2.26. The largest absolute Gasteiger partial charge is 0.461 e. The summed E-state index contributed by atoms with van der Waals surface area (Å²) in [5, 5.41) is 2.71. The molecule has 0 fully saturated rings. The van der Waals surface area contributed by atoms with Crippen LogP contribution in [0.4, 0.5) is 4.79 Å². The van der Waals surface area contributed by atoms with Gasteiger partial charge in [-0.15, -0.1) is 0 Å². The molecule has 1 heterocycles. The summed E-state index contributed by atoms with van der Waals surface area (Å²) >= 11 is 0. The Balaban J connectivity index is 3.06. The quantitative estimate of drug-likeness (QED) is 0.590. The van der Waals surface area contributed by atoms with Crippen molar-refractivity contribution >= 4 is 17.8 Å². The van der Waals surface area contributed by atoms with Crippen molar-refractivity contribution < 1.29 is 19.1 Å². The number of ketones is 1. The molecule has 2 amide bonds. The maximum absolute atomic E-state index is 12.7. The molecule has 0 aromatic carbocycles. The predicted molar refractivity (Wildman–Crippen MR) is 91.5 cm³/mol. The second kappa shape index (κ2) is 8.52. The Labute approximate surface area is 142 Å². The number of carbonyl (C=O) groups excluding carboxylic acids is 3. The van der Waals surface area contributed by atoms with Gasteiger partial charge in [0.2, 0.25) is 0 Å². The number of urea groups is 1. The summed E-state index contributed by atoms with van der Waals surface area (Å²) < 4.78 is 4.99. The summed E-state index contributed by atoms with van der Waals surface area (Å²) in [5.41, 5.74) is 1.87. The molecule has 0 bridgehead atoms. The minimum Gasteiger partial charge on any atom is -0.461 e. The van der Waals surface area contributed by atoms with E-state index in [0.717, 1.165) is 0 Å². The lowest BCUT2D eigenvalue weighted by molar-refractivity contribution is 0.0519. The Hall–Kier alpha value is -2.31. The number of aromatic nitrogens is 1. The number of H-pyrrole nitrogens is 1. The summed E-state index contributed by atoms with van der Waals surface area (Å²) in [6.07, 6.45) is 0. The van der Waals surface area contributed by atoms with Gasteiger partial charge in [-0.1, -0.05) is 0 Å². The molecule has 1 aromatic heterocycles. The highest BCUT2D eigenvalue weighted by Gasteiger charge is 2.26. The Morgan fingerprint density at radius 1 is 1.21 bits per heavy atom. The van der Waals surface area contributed by atoms with Crippen LogP contribution in [0.25, 0.3) is 0 Å². The fourth-order valence-electron chi connectivity index (χ4n) is 2.55. The number of ether oxygens (including phenoxy) is 1. The molecule has 0 saturated heterocycles. The van der Waals surface area contributed by atoms with Crippen molar-refractivity contribution in [2.75, 3.05) is 19.7 Å². The monoisotopic (exact) mass is 337 g/mol. The molecule has 0 aliphatic carbocycles. The van der Waals surface area contributed by atoms with E-state index in [0.29, 0.717) is 23.4 Å². The van der Waals surface area contributed by atoms with E-state index in [9.17, 15) is 14.4 Å². The van der Waals surface area contributed by atoms with Gasteiger partial charge in [-0.25, -0.2) is 9.59 Å². The number of aryl methyl sites for hydroxylation is 1. The summed E-state index contributed by atoms with van der Waals surface area (Å²) in [5.74, 6) is -0.696. The summed E-state index contributed by atoms with van der Waals surface area (Å²) in [7, 11) is 0. The average Bonchev–Trinajstić information content (AvgIpc) is 2.79. The van der Waals surface area contributed by atoms with E-state index in [1.165, 1.54) is 4.90 Å². The first kappa shape index (κ1) is 19.7. The van der Waals surface area contributed by atoms with Crippen LogP contribution in [0.2, 0.25) is 0 Å². The molecule has 1 rings (SSSR count). The summed E-state index contributed by atoms with van der Waals surface area (Å²) in [6.45, 7) is 11.4. The van der Waals surface area contributed by atoms with Gasteiger partial charge in [0.1, 0.15) is 5.69 Å². The first-order valence-corrected chi connectivity index (χ1v) is 8.18. The molecule has 24 heavy (non-hydrogen) atoms. The number of hydrogen-bond acceptors (Lipinski definition) is 4. The van der Waals surface area contributed by atoms with Gasteiger partial charge in [0.25, 0.3) is 0 Å². The number of hydrogen-bond donors (Lipinski definition) is 2. The smallest absolute Gasteiger partial charge is 0.355 e. The zero-order chi connectivity index (χ0) is 18.4. The molecule has 2 N–H and O–H groups in total. The molecular formula is C17H27N3O4. The molecule has 7 nitrogen and oxygen atoms in total. The van der Waals surface area contributed by atoms with E-state index in [-0.39, 0.29) is 36.7 Å². The van der Waals surface area contributed by atoms with Crippen molar-refractivity contribution in [1.82, 2.24) is 15.2 Å². The maximum atomic E-state index is 12.7. The van der Waals surface area contributed by atoms with Gasteiger partial charge >= 0.3 is 12.0 Å². The highest BCUT2D eigenvalue weighted by atomic mass is 16.5. The van der Waals surface area contributed by atoms with Crippen LogP contribution in [-0.4, -0.2) is 53.4 Å². The number of carbonyl (C=O) groups is 3. The van der Waals surface area contributed by atoms with Gasteiger partial charge < -0.3 is 19.9 Å². The van der Waals surface area contributed by atoms with Gasteiger partial charge in [-0.2, -0.15) is 0 Å². The van der Waals surface area contributed by atoms with Gasteiger partial charge in [-0.3, -0.25) is 4.79 Å². The van der Waals surface area contributed by atoms with Crippen molar-refractivity contribution in [2.24, 2.45) is 0 Å². The van der Waals surface area contributed by atoms with Crippen molar-refractivity contribution in [1.29, 1.82) is 0 Å². The maximum Gasteiger partial charge on any atom is 0.355 e. The minimum atomic E-state index is -0.485. The molecule has 0 aliphatic heterocycles. The highest BCUT2D eigenvalue weighted by molar-refractivity contribution is 6.04. The molecule has 0 radical (unpaired) electrons. The molecule has 0 aliphatic rings. The van der Waals surface area contributed by atoms with E-state index in [1.807, 2.05) is 20.8 Å². The minimum absolute atomic E-state index is 0.0503. The zero-order valence-electron chi connectivity index (χ0n) is 15.3. The molecule has 0 spiro atoms. The Kier molecular flexibility index (Phi) is 7.00. The second-order valence-electron chi connectivity index (χ2n) is 5.83. The van der Waals surface area contributed by atoms with Gasteiger partial charge in [0.05, 0.1) is 13.2 Å². The van der Waals surface area contributed by atoms with Gasteiger partial charge in [0, 0.05) is 23.8 Å². The molecule has 1 aromatic rings. The molecule has 134 valence electrons. The van der Waals surface area contributed by atoms with Crippen LogP contribution >= 0.6 is 0 Å². The number of rotatable bonds is 7. The molecule has 0 atom stereocenters. The second-order valence-corrected chi connectivity index (χ2v) is 5.83. The fourth-order valence-corrected chi connectivity index (χ4v) is 2.55. The third-order valence-corrected chi connectivity index (χ3v) is 3.72. The summed E-state index contributed by atoms with van der Waals surface area (Å²) in [4.78, 5) is 41.1. The van der Waals surface area contributed by atoms with Crippen molar-refractivity contribution in [3.8, 4) is 0 Å². The third-order valence-electron chi connectivity index (χ3n) is 3.72. The molecule has 0 saturated carbocycles. The number of amides is 2. The van der Waals surface area contributed by atoms with Crippen LogP contribution in [0.15, 0.2) is 0 Å². The third kappa shape index (κ3) is 4.37. The van der Waals surface area contributed by atoms with E-state index < -0.39 is 5.97 Å². The molecule has 0 unspecified atom stereocenters. The SMILES string of the molecule is CCNC(=O)N(CC(=O)c1c(C)[nH]c(C(=O)OCC)c1C)C(C)C. The molecular weight excluding hydrogens is 310 g/mol. The summed E-state index contributed by atoms with van der Waals surface area (Å²) in [6, 6.07) is -0.401. The standard InChI is InChI=1S/C17H27N3O4/c1-7-18-17(23)20(10(3)4)9-13(21)14-11(5)15(19-12(14)6)16(22)24-8-2/h10,19H,7-9H2,1-6H3,(H,18,23). The number of aromatic amines is 1. The zero-order valence-corrected chi connectivity index (χ0v) is 15.3. The van der Waals surface area contributed by atoms with E-state index in [4.69, 9.17) is 4.74 Å². The lowest BCUT2D eigenvalue weighted by atomic mass is 10.0. The average molecular weight is 337 g/mol. The lowest BCUT2D eigenvalue weighted by Crippen LogP contribution is -2.46. The highest BCUT2D eigenvalue weighted by Crippen LogP contribution is 2.20. The van der Waals surface area contributed by atoms with Crippen LogP contribution in [0, 0.1) is 13.8 Å². The van der Waals surface area contributed by atoms with E-state index in [2.05, 4.69) is 10.3 Å². The van der Waals surface area contributed by atoms with Crippen LogP contribution < -0.4 is 5.32 Å².